The van der Waals surface area contributed by atoms with E-state index >= 15 is 0 Å². The fourth-order valence-electron chi connectivity index (χ4n) is 3.66. The first-order chi connectivity index (χ1) is 17.5. The zero-order valence-corrected chi connectivity index (χ0v) is 22.1. The van der Waals surface area contributed by atoms with Crippen LogP contribution in [0.1, 0.15) is 18.1 Å². The fraction of sp³-hybridized carbons (Fsp3) is 0.143. The van der Waals surface area contributed by atoms with Gasteiger partial charge in [-0.25, -0.2) is 4.99 Å². The van der Waals surface area contributed by atoms with E-state index in [1.807, 2.05) is 78.0 Å². The summed E-state index contributed by atoms with van der Waals surface area (Å²) < 4.78 is 22.9. The van der Waals surface area contributed by atoms with Gasteiger partial charge in [-0.15, -0.1) is 0 Å². The van der Waals surface area contributed by atoms with Gasteiger partial charge in [0, 0.05) is 17.3 Å². The number of aromatic hydroxyl groups is 1. The quantitative estimate of drug-likeness (QED) is 0.175. The first-order valence-electron chi connectivity index (χ1n) is 11.0. The van der Waals surface area contributed by atoms with E-state index < -0.39 is 0 Å². The minimum Gasteiger partial charge on any atom is -0.504 e. The van der Waals surface area contributed by atoms with Crippen LogP contribution in [0, 0.1) is 14.9 Å². The minimum absolute atomic E-state index is 0.0777. The van der Waals surface area contributed by atoms with Gasteiger partial charge in [0.05, 0.1) is 24.4 Å². The van der Waals surface area contributed by atoms with Crippen molar-refractivity contribution in [1.29, 1.82) is 5.26 Å². The highest BCUT2D eigenvalue weighted by Gasteiger charge is 2.23. The van der Waals surface area contributed by atoms with Crippen LogP contribution in [0.25, 0.3) is 22.5 Å². The second-order valence-electron chi connectivity index (χ2n) is 7.60. The van der Waals surface area contributed by atoms with Gasteiger partial charge in [-0.1, -0.05) is 12.1 Å². The number of rotatable bonds is 8. The lowest BCUT2D eigenvalue weighted by atomic mass is 9.98. The van der Waals surface area contributed by atoms with Crippen molar-refractivity contribution in [2.75, 3.05) is 20.8 Å². The number of ether oxygens (including phenoxy) is 3. The highest BCUT2D eigenvalue weighted by atomic mass is 127. The van der Waals surface area contributed by atoms with Gasteiger partial charge >= 0.3 is 0 Å². The van der Waals surface area contributed by atoms with E-state index in [-0.39, 0.29) is 11.6 Å². The Hall–Kier alpha value is -3.97. The molecule has 1 aromatic heterocycles. The van der Waals surface area contributed by atoms with Crippen molar-refractivity contribution in [2.24, 2.45) is 4.99 Å². The van der Waals surface area contributed by atoms with Gasteiger partial charge in [0.25, 0.3) is 0 Å². The lowest BCUT2D eigenvalue weighted by molar-refractivity contribution is 0.317. The van der Waals surface area contributed by atoms with Gasteiger partial charge in [0.1, 0.15) is 28.9 Å². The molecule has 0 saturated carbocycles. The molecule has 36 heavy (non-hydrogen) atoms. The Bertz CT molecular complexity index is 1440. The number of hydrogen-bond donors (Lipinski definition) is 1. The van der Waals surface area contributed by atoms with E-state index in [1.165, 1.54) is 0 Å². The highest BCUT2D eigenvalue weighted by Crippen LogP contribution is 2.43. The first-order valence-corrected chi connectivity index (χ1v) is 12.1. The summed E-state index contributed by atoms with van der Waals surface area (Å²) >= 11 is 2.03. The smallest absolute Gasteiger partial charge is 0.238 e. The molecular weight excluding hydrogens is 571 g/mol. The molecular formula is C28H23IN2O5. The molecule has 0 unspecified atom stereocenters. The first kappa shape index (κ1) is 25.1. The summed E-state index contributed by atoms with van der Waals surface area (Å²) in [4.78, 5) is 4.51. The number of nitriles is 1. The van der Waals surface area contributed by atoms with Gasteiger partial charge < -0.3 is 23.7 Å². The van der Waals surface area contributed by atoms with Gasteiger partial charge in [0.2, 0.25) is 5.88 Å². The summed E-state index contributed by atoms with van der Waals surface area (Å²) in [6.45, 7) is 2.26. The predicted octanol–water partition coefficient (Wildman–Crippen LogP) is 6.96. The number of nitrogens with zero attached hydrogens (tertiary/aromatic N) is 2. The van der Waals surface area contributed by atoms with E-state index in [0.29, 0.717) is 49.9 Å². The number of furan rings is 1. The molecule has 0 fully saturated rings. The van der Waals surface area contributed by atoms with Crippen LogP contribution in [0.5, 0.6) is 23.0 Å². The SMILES string of the molecule is CCOc1cc(C=Nc2oc(-c3ccc(OC)cc3)c(-c3ccc(OC)cc3)c2C#N)cc(I)c1O. The van der Waals surface area contributed by atoms with Gasteiger partial charge in [-0.2, -0.15) is 5.26 Å². The summed E-state index contributed by atoms with van der Waals surface area (Å²) in [6.07, 6.45) is 1.58. The molecule has 0 bridgehead atoms. The van der Waals surface area contributed by atoms with Crippen LogP contribution in [0.15, 0.2) is 70.1 Å². The monoisotopic (exact) mass is 594 g/mol. The highest BCUT2D eigenvalue weighted by molar-refractivity contribution is 14.1. The average Bonchev–Trinajstić information content (AvgIpc) is 3.28. The Morgan fingerprint density at radius 1 is 1.00 bits per heavy atom. The van der Waals surface area contributed by atoms with Gasteiger partial charge in [-0.3, -0.25) is 0 Å². The van der Waals surface area contributed by atoms with E-state index in [9.17, 15) is 10.4 Å². The molecule has 8 heteroatoms. The molecule has 4 aromatic rings. The Labute approximate surface area is 222 Å². The van der Waals surface area contributed by atoms with Crippen molar-refractivity contribution in [2.45, 2.75) is 6.92 Å². The van der Waals surface area contributed by atoms with Crippen LogP contribution in [0.3, 0.4) is 0 Å². The predicted molar refractivity (Wildman–Crippen MR) is 147 cm³/mol. The molecule has 1 heterocycles. The van der Waals surface area contributed by atoms with Crippen molar-refractivity contribution in [3.8, 4) is 51.5 Å². The average molecular weight is 594 g/mol. The number of aliphatic imine (C=N–C) groups is 1. The number of phenols is 1. The van der Waals surface area contributed by atoms with Crippen LogP contribution >= 0.6 is 22.6 Å². The topological polar surface area (TPSA) is 97.2 Å². The lowest BCUT2D eigenvalue weighted by Gasteiger charge is -2.08. The molecule has 3 aromatic carbocycles. The van der Waals surface area contributed by atoms with Crippen molar-refractivity contribution in [3.63, 3.8) is 0 Å². The Morgan fingerprint density at radius 2 is 1.61 bits per heavy atom. The third-order valence-electron chi connectivity index (χ3n) is 5.41. The molecule has 4 rings (SSSR count). The maximum absolute atomic E-state index is 10.2. The van der Waals surface area contributed by atoms with Crippen LogP contribution in [0.4, 0.5) is 5.88 Å². The molecule has 0 atom stereocenters. The molecule has 0 spiro atoms. The summed E-state index contributed by atoms with van der Waals surface area (Å²) in [5, 5.41) is 20.3. The Balaban J connectivity index is 1.85. The largest absolute Gasteiger partial charge is 0.504 e. The Kier molecular flexibility index (Phi) is 7.80. The number of benzene rings is 3. The molecule has 182 valence electrons. The van der Waals surface area contributed by atoms with Crippen molar-refractivity contribution < 1.29 is 23.7 Å². The minimum atomic E-state index is 0.0777. The summed E-state index contributed by atoms with van der Waals surface area (Å²) in [7, 11) is 3.21. The van der Waals surface area contributed by atoms with Gasteiger partial charge in [0.15, 0.2) is 11.5 Å². The molecule has 0 amide bonds. The zero-order chi connectivity index (χ0) is 25.7. The lowest BCUT2D eigenvalue weighted by Crippen LogP contribution is -1.95. The number of methoxy groups -OCH3 is 2. The summed E-state index contributed by atoms with van der Waals surface area (Å²) in [5.74, 6) is 2.55. The van der Waals surface area contributed by atoms with E-state index in [1.54, 1.807) is 32.6 Å². The molecule has 7 nitrogen and oxygen atoms in total. The number of halogens is 1. The van der Waals surface area contributed by atoms with E-state index in [2.05, 4.69) is 11.1 Å². The standard InChI is InChI=1S/C28H23IN2O5/c1-4-35-24-14-17(13-23(29)26(24)32)16-31-28-22(15-30)25(18-5-9-20(33-2)10-6-18)27(36-28)19-7-11-21(34-3)12-8-19/h5-14,16,32H,4H2,1-3H3. The van der Waals surface area contributed by atoms with Crippen LogP contribution in [0.2, 0.25) is 0 Å². The third-order valence-corrected chi connectivity index (χ3v) is 6.24. The molecule has 1 N–H and O–H groups in total. The number of hydrogen-bond acceptors (Lipinski definition) is 7. The Morgan fingerprint density at radius 3 is 2.17 bits per heavy atom. The normalized spacial score (nSPS) is 10.9. The van der Waals surface area contributed by atoms with Crippen LogP contribution < -0.4 is 14.2 Å². The van der Waals surface area contributed by atoms with E-state index in [0.717, 1.165) is 11.1 Å². The molecule has 0 aliphatic carbocycles. The van der Waals surface area contributed by atoms with Crippen molar-refractivity contribution in [3.05, 3.63) is 75.4 Å². The van der Waals surface area contributed by atoms with Crippen LogP contribution in [-0.4, -0.2) is 32.1 Å². The second kappa shape index (κ2) is 11.2. The van der Waals surface area contributed by atoms with Crippen molar-refractivity contribution >= 4 is 34.7 Å². The molecule has 0 radical (unpaired) electrons. The molecule has 0 aliphatic heterocycles. The third kappa shape index (κ3) is 5.16. The molecule has 0 aliphatic rings. The van der Waals surface area contributed by atoms with Gasteiger partial charge in [-0.05, 0) is 89.2 Å². The molecule has 0 saturated heterocycles. The fourth-order valence-corrected chi connectivity index (χ4v) is 4.28. The van der Waals surface area contributed by atoms with Crippen LogP contribution in [-0.2, 0) is 0 Å². The van der Waals surface area contributed by atoms with Crippen molar-refractivity contribution in [1.82, 2.24) is 0 Å². The summed E-state index contributed by atoms with van der Waals surface area (Å²) in [5.41, 5.74) is 3.20. The number of phenolic OH excluding ortho intramolecular Hbond substituents is 1. The summed E-state index contributed by atoms with van der Waals surface area (Å²) in [6, 6.07) is 20.5. The maximum atomic E-state index is 10.2. The van der Waals surface area contributed by atoms with E-state index in [4.69, 9.17) is 18.6 Å². The zero-order valence-electron chi connectivity index (χ0n) is 19.9. The maximum Gasteiger partial charge on any atom is 0.238 e. The second-order valence-corrected chi connectivity index (χ2v) is 8.76.